The maximum atomic E-state index is 11.2. The molecule has 0 radical (unpaired) electrons. The predicted molar refractivity (Wildman–Crippen MR) is 58.4 cm³/mol. The fourth-order valence-electron chi connectivity index (χ4n) is 1.19. The monoisotopic (exact) mass is 210 g/mol. The maximum absolute atomic E-state index is 11.2. The fourth-order valence-corrected chi connectivity index (χ4v) is 1.19. The molecule has 1 rings (SSSR count). The van der Waals surface area contributed by atoms with Crippen molar-refractivity contribution in [2.45, 2.75) is 26.3 Å². The fraction of sp³-hybridized carbons (Fsp3) is 0.600. The number of nitrogens with zero attached hydrogens (tertiary/aromatic N) is 2. The Hall–Kier alpha value is -1.52. The summed E-state index contributed by atoms with van der Waals surface area (Å²) in [5, 5.41) is 9.57. The zero-order chi connectivity index (χ0) is 11.1. The first-order valence-corrected chi connectivity index (χ1v) is 5.21. The highest BCUT2D eigenvalue weighted by Gasteiger charge is 2.00. The molecule has 0 atom stereocenters. The predicted octanol–water partition coefficient (Wildman–Crippen LogP) is 1.02. The standard InChI is InChI=1S/C10H18N4O/c1-3-4-5-11-10(15)12-6-9-7-13-14(2)8-9/h7-8H,3-6H2,1-2H3,(H2,11,12,15). The lowest BCUT2D eigenvalue weighted by Gasteiger charge is -2.05. The first-order valence-electron chi connectivity index (χ1n) is 5.21. The number of amides is 2. The highest BCUT2D eigenvalue weighted by atomic mass is 16.2. The van der Waals surface area contributed by atoms with Crippen LogP contribution in [0.3, 0.4) is 0 Å². The van der Waals surface area contributed by atoms with Crippen molar-refractivity contribution in [3.8, 4) is 0 Å². The highest BCUT2D eigenvalue weighted by Crippen LogP contribution is 1.94. The number of hydrogen-bond donors (Lipinski definition) is 2. The molecule has 2 N–H and O–H groups in total. The van der Waals surface area contributed by atoms with Crippen LogP contribution in [0.15, 0.2) is 12.4 Å². The van der Waals surface area contributed by atoms with E-state index in [-0.39, 0.29) is 6.03 Å². The molecule has 1 aromatic heterocycles. The molecule has 0 saturated carbocycles. The van der Waals surface area contributed by atoms with Crippen molar-refractivity contribution >= 4 is 6.03 Å². The van der Waals surface area contributed by atoms with Gasteiger partial charge < -0.3 is 10.6 Å². The van der Waals surface area contributed by atoms with E-state index >= 15 is 0 Å². The minimum absolute atomic E-state index is 0.118. The maximum Gasteiger partial charge on any atom is 0.315 e. The molecule has 0 unspecified atom stereocenters. The summed E-state index contributed by atoms with van der Waals surface area (Å²) in [7, 11) is 1.85. The average molecular weight is 210 g/mol. The number of aromatic nitrogens is 2. The van der Waals surface area contributed by atoms with Crippen molar-refractivity contribution in [3.63, 3.8) is 0 Å². The third-order valence-corrected chi connectivity index (χ3v) is 2.03. The molecular formula is C10H18N4O. The Morgan fingerprint density at radius 2 is 2.33 bits per heavy atom. The Balaban J connectivity index is 2.16. The van der Waals surface area contributed by atoms with Crippen LogP contribution >= 0.6 is 0 Å². The molecule has 0 aliphatic rings. The molecule has 15 heavy (non-hydrogen) atoms. The lowest BCUT2D eigenvalue weighted by Crippen LogP contribution is -2.35. The molecule has 1 aromatic rings. The van der Waals surface area contributed by atoms with Gasteiger partial charge in [0, 0.05) is 31.9 Å². The molecule has 5 heteroatoms. The van der Waals surface area contributed by atoms with Crippen LogP contribution < -0.4 is 10.6 Å². The Kier molecular flexibility index (Phi) is 4.66. The number of hydrogen-bond acceptors (Lipinski definition) is 2. The molecule has 5 nitrogen and oxygen atoms in total. The molecule has 0 aliphatic carbocycles. The van der Waals surface area contributed by atoms with E-state index in [1.165, 1.54) is 0 Å². The number of carbonyl (C=O) groups excluding carboxylic acids is 1. The number of nitrogens with one attached hydrogen (secondary N) is 2. The van der Waals surface area contributed by atoms with Gasteiger partial charge in [0.2, 0.25) is 0 Å². The number of unbranched alkanes of at least 4 members (excludes halogenated alkanes) is 1. The summed E-state index contributed by atoms with van der Waals surface area (Å²) in [6, 6.07) is -0.118. The first-order chi connectivity index (χ1) is 7.22. The van der Waals surface area contributed by atoms with Gasteiger partial charge in [0.15, 0.2) is 0 Å². The smallest absolute Gasteiger partial charge is 0.315 e. The van der Waals surface area contributed by atoms with Gasteiger partial charge in [-0.3, -0.25) is 4.68 Å². The third-order valence-electron chi connectivity index (χ3n) is 2.03. The van der Waals surface area contributed by atoms with E-state index in [0.717, 1.165) is 24.9 Å². The van der Waals surface area contributed by atoms with Gasteiger partial charge in [0.25, 0.3) is 0 Å². The zero-order valence-corrected chi connectivity index (χ0v) is 9.29. The van der Waals surface area contributed by atoms with Crippen molar-refractivity contribution in [1.29, 1.82) is 0 Å². The van der Waals surface area contributed by atoms with Gasteiger partial charge in [0.1, 0.15) is 0 Å². The zero-order valence-electron chi connectivity index (χ0n) is 9.29. The van der Waals surface area contributed by atoms with E-state index in [0.29, 0.717) is 6.54 Å². The molecule has 2 amide bonds. The molecule has 0 aromatic carbocycles. The average Bonchev–Trinajstić information content (AvgIpc) is 2.62. The molecule has 0 saturated heterocycles. The summed E-state index contributed by atoms with van der Waals surface area (Å²) >= 11 is 0. The Morgan fingerprint density at radius 3 is 2.93 bits per heavy atom. The van der Waals surface area contributed by atoms with Crippen molar-refractivity contribution in [3.05, 3.63) is 18.0 Å². The second-order valence-electron chi connectivity index (χ2n) is 3.49. The molecule has 0 bridgehead atoms. The van der Waals surface area contributed by atoms with E-state index in [4.69, 9.17) is 0 Å². The van der Waals surface area contributed by atoms with Crippen molar-refractivity contribution in [2.75, 3.05) is 6.54 Å². The summed E-state index contributed by atoms with van der Waals surface area (Å²) < 4.78 is 1.71. The Bertz CT molecular complexity index is 308. The summed E-state index contributed by atoms with van der Waals surface area (Å²) in [6.07, 6.45) is 5.72. The van der Waals surface area contributed by atoms with Crippen LogP contribution in [0, 0.1) is 0 Å². The lowest BCUT2D eigenvalue weighted by molar-refractivity contribution is 0.240. The van der Waals surface area contributed by atoms with Gasteiger partial charge in [-0.05, 0) is 6.42 Å². The van der Waals surface area contributed by atoms with E-state index in [9.17, 15) is 4.79 Å². The quantitative estimate of drug-likeness (QED) is 0.713. The SMILES string of the molecule is CCCCNC(=O)NCc1cnn(C)c1. The van der Waals surface area contributed by atoms with Crippen LogP contribution in [0.1, 0.15) is 25.3 Å². The van der Waals surface area contributed by atoms with E-state index < -0.39 is 0 Å². The number of rotatable bonds is 5. The Morgan fingerprint density at radius 1 is 1.53 bits per heavy atom. The minimum atomic E-state index is -0.118. The molecular weight excluding hydrogens is 192 g/mol. The second kappa shape index (κ2) is 6.06. The van der Waals surface area contributed by atoms with Gasteiger partial charge in [-0.1, -0.05) is 13.3 Å². The summed E-state index contributed by atoms with van der Waals surface area (Å²) in [5.74, 6) is 0. The molecule has 0 aliphatic heterocycles. The van der Waals surface area contributed by atoms with Crippen molar-refractivity contribution < 1.29 is 4.79 Å². The van der Waals surface area contributed by atoms with Crippen LogP contribution in [0.5, 0.6) is 0 Å². The van der Waals surface area contributed by atoms with Gasteiger partial charge in [-0.15, -0.1) is 0 Å². The van der Waals surface area contributed by atoms with Gasteiger partial charge in [-0.25, -0.2) is 4.79 Å². The molecule has 0 fully saturated rings. The number of carbonyl (C=O) groups is 1. The summed E-state index contributed by atoms with van der Waals surface area (Å²) in [5.41, 5.74) is 1.00. The van der Waals surface area contributed by atoms with Crippen LogP contribution in [-0.2, 0) is 13.6 Å². The van der Waals surface area contributed by atoms with Crippen LogP contribution in [0.25, 0.3) is 0 Å². The number of aryl methyl sites for hydroxylation is 1. The van der Waals surface area contributed by atoms with Crippen LogP contribution in [0.2, 0.25) is 0 Å². The van der Waals surface area contributed by atoms with Gasteiger partial charge in [-0.2, -0.15) is 5.10 Å². The van der Waals surface area contributed by atoms with E-state index in [1.54, 1.807) is 10.9 Å². The summed E-state index contributed by atoms with van der Waals surface area (Å²) in [4.78, 5) is 11.2. The van der Waals surface area contributed by atoms with Gasteiger partial charge in [0.05, 0.1) is 6.20 Å². The Labute approximate surface area is 89.9 Å². The van der Waals surface area contributed by atoms with Crippen LogP contribution in [0.4, 0.5) is 4.79 Å². The first kappa shape index (κ1) is 11.6. The van der Waals surface area contributed by atoms with Crippen LogP contribution in [-0.4, -0.2) is 22.4 Å². The largest absolute Gasteiger partial charge is 0.338 e. The van der Waals surface area contributed by atoms with E-state index in [2.05, 4.69) is 22.7 Å². The van der Waals surface area contributed by atoms with Gasteiger partial charge >= 0.3 is 6.03 Å². The number of urea groups is 1. The second-order valence-corrected chi connectivity index (χ2v) is 3.49. The summed E-state index contributed by atoms with van der Waals surface area (Å²) in [6.45, 7) is 3.34. The topological polar surface area (TPSA) is 59.0 Å². The van der Waals surface area contributed by atoms with E-state index in [1.807, 2.05) is 13.2 Å². The molecule has 0 spiro atoms. The van der Waals surface area contributed by atoms with Crippen molar-refractivity contribution in [1.82, 2.24) is 20.4 Å². The molecule has 84 valence electrons. The highest BCUT2D eigenvalue weighted by molar-refractivity contribution is 5.73. The molecule has 1 heterocycles. The minimum Gasteiger partial charge on any atom is -0.338 e. The normalized spacial score (nSPS) is 10.0. The third kappa shape index (κ3) is 4.49. The van der Waals surface area contributed by atoms with Crippen molar-refractivity contribution in [2.24, 2.45) is 7.05 Å². The lowest BCUT2D eigenvalue weighted by atomic mass is 10.3.